The molecule has 2 aromatic heterocycles. The second-order valence-electron chi connectivity index (χ2n) is 4.14. The summed E-state index contributed by atoms with van der Waals surface area (Å²) in [6, 6.07) is 0. The van der Waals surface area contributed by atoms with Crippen molar-refractivity contribution >= 4 is 5.91 Å². The van der Waals surface area contributed by atoms with Gasteiger partial charge < -0.3 is 9.32 Å². The lowest BCUT2D eigenvalue weighted by atomic mass is 10.3. The Kier molecular flexibility index (Phi) is 2.39. The molecule has 1 aliphatic heterocycles. The Morgan fingerprint density at radius 3 is 2.78 bits per heavy atom. The van der Waals surface area contributed by atoms with Crippen LogP contribution < -0.4 is 0 Å². The minimum absolute atomic E-state index is 0.0808. The highest BCUT2D eigenvalue weighted by Crippen LogP contribution is 2.20. The van der Waals surface area contributed by atoms with Crippen LogP contribution in [0, 0.1) is 6.92 Å². The minimum Gasteiger partial charge on any atom is -0.449 e. The van der Waals surface area contributed by atoms with Crippen LogP contribution in [0.2, 0.25) is 0 Å². The van der Waals surface area contributed by atoms with Crippen LogP contribution in [0.1, 0.15) is 23.4 Å². The summed E-state index contributed by atoms with van der Waals surface area (Å²) in [5.41, 5.74) is 0.615. The number of carbonyl (C=O) groups is 1. The standard InChI is InChI=1S/C11H13N5O2/c1-3-15-4-5-16-9(8-6-18-7(2)12-8)13-14-10(16)11(15)17/h6H,3-5H2,1-2H3. The molecule has 94 valence electrons. The summed E-state index contributed by atoms with van der Waals surface area (Å²) < 4.78 is 6.96. The largest absolute Gasteiger partial charge is 0.449 e. The summed E-state index contributed by atoms with van der Waals surface area (Å²) in [4.78, 5) is 18.0. The Labute approximate surface area is 103 Å². The Hall–Kier alpha value is -2.18. The number of hydrogen-bond acceptors (Lipinski definition) is 5. The van der Waals surface area contributed by atoms with Crippen LogP contribution in [-0.2, 0) is 6.54 Å². The van der Waals surface area contributed by atoms with Gasteiger partial charge in [-0.15, -0.1) is 10.2 Å². The maximum atomic E-state index is 12.1. The van der Waals surface area contributed by atoms with Crippen molar-refractivity contribution in [3.05, 3.63) is 18.0 Å². The van der Waals surface area contributed by atoms with E-state index in [-0.39, 0.29) is 5.91 Å². The lowest BCUT2D eigenvalue weighted by Gasteiger charge is -2.25. The van der Waals surface area contributed by atoms with Gasteiger partial charge in [-0.25, -0.2) is 4.98 Å². The first-order chi connectivity index (χ1) is 8.70. The first-order valence-electron chi connectivity index (χ1n) is 5.85. The number of aromatic nitrogens is 4. The van der Waals surface area contributed by atoms with Gasteiger partial charge in [0.2, 0.25) is 5.82 Å². The molecule has 0 atom stereocenters. The van der Waals surface area contributed by atoms with Gasteiger partial charge >= 0.3 is 0 Å². The molecular formula is C11H13N5O2. The van der Waals surface area contributed by atoms with E-state index in [0.29, 0.717) is 42.9 Å². The predicted octanol–water partition coefficient (Wildman–Crippen LogP) is 0.717. The Balaban J connectivity index is 2.04. The van der Waals surface area contributed by atoms with Crippen molar-refractivity contribution < 1.29 is 9.21 Å². The number of carbonyl (C=O) groups excluding carboxylic acids is 1. The molecule has 18 heavy (non-hydrogen) atoms. The van der Waals surface area contributed by atoms with Gasteiger partial charge in [-0.3, -0.25) is 9.36 Å². The molecule has 0 fully saturated rings. The zero-order chi connectivity index (χ0) is 12.7. The van der Waals surface area contributed by atoms with E-state index in [9.17, 15) is 4.79 Å². The smallest absolute Gasteiger partial charge is 0.291 e. The Morgan fingerprint density at radius 1 is 1.33 bits per heavy atom. The third kappa shape index (κ3) is 1.51. The van der Waals surface area contributed by atoms with Crippen molar-refractivity contribution in [3.8, 4) is 11.5 Å². The molecule has 0 spiro atoms. The Bertz CT molecular complexity index is 600. The lowest BCUT2D eigenvalue weighted by Crippen LogP contribution is -2.40. The van der Waals surface area contributed by atoms with Gasteiger partial charge in [0, 0.05) is 26.6 Å². The van der Waals surface area contributed by atoms with E-state index >= 15 is 0 Å². The summed E-state index contributed by atoms with van der Waals surface area (Å²) in [7, 11) is 0. The molecule has 0 N–H and O–H groups in total. The van der Waals surface area contributed by atoms with Crippen molar-refractivity contribution in [3.63, 3.8) is 0 Å². The molecule has 7 heteroatoms. The van der Waals surface area contributed by atoms with Crippen LogP contribution in [0.25, 0.3) is 11.5 Å². The molecule has 0 unspecified atom stereocenters. The van der Waals surface area contributed by atoms with Crippen LogP contribution in [0.4, 0.5) is 0 Å². The van der Waals surface area contributed by atoms with Gasteiger partial charge in [-0.1, -0.05) is 0 Å². The molecule has 0 bridgehead atoms. The molecule has 0 aromatic carbocycles. The molecule has 1 amide bonds. The monoisotopic (exact) mass is 247 g/mol. The third-order valence-electron chi connectivity index (χ3n) is 3.05. The highest BCUT2D eigenvalue weighted by atomic mass is 16.3. The number of rotatable bonds is 2. The van der Waals surface area contributed by atoms with Crippen molar-refractivity contribution in [2.24, 2.45) is 0 Å². The van der Waals surface area contributed by atoms with E-state index < -0.39 is 0 Å². The van der Waals surface area contributed by atoms with Gasteiger partial charge in [0.25, 0.3) is 5.91 Å². The van der Waals surface area contributed by atoms with E-state index in [1.165, 1.54) is 6.26 Å². The maximum Gasteiger partial charge on any atom is 0.291 e. The predicted molar refractivity (Wildman–Crippen MR) is 61.8 cm³/mol. The molecule has 0 saturated carbocycles. The zero-order valence-corrected chi connectivity index (χ0v) is 10.3. The fraction of sp³-hybridized carbons (Fsp3) is 0.455. The van der Waals surface area contributed by atoms with Crippen molar-refractivity contribution in [1.82, 2.24) is 24.6 Å². The highest BCUT2D eigenvalue weighted by Gasteiger charge is 2.29. The third-order valence-corrected chi connectivity index (χ3v) is 3.05. The molecular weight excluding hydrogens is 234 g/mol. The van der Waals surface area contributed by atoms with E-state index in [1.807, 2.05) is 6.92 Å². The second-order valence-corrected chi connectivity index (χ2v) is 4.14. The lowest BCUT2D eigenvalue weighted by molar-refractivity contribution is 0.0707. The molecule has 2 aromatic rings. The van der Waals surface area contributed by atoms with E-state index in [1.54, 1.807) is 16.4 Å². The van der Waals surface area contributed by atoms with Crippen LogP contribution in [0.15, 0.2) is 10.7 Å². The summed E-state index contributed by atoms with van der Waals surface area (Å²) >= 11 is 0. The number of aryl methyl sites for hydroxylation is 1. The van der Waals surface area contributed by atoms with Crippen LogP contribution in [-0.4, -0.2) is 43.6 Å². The fourth-order valence-electron chi connectivity index (χ4n) is 2.09. The summed E-state index contributed by atoms with van der Waals surface area (Å²) in [6.07, 6.45) is 1.53. The van der Waals surface area contributed by atoms with Crippen LogP contribution >= 0.6 is 0 Å². The Morgan fingerprint density at radius 2 is 2.11 bits per heavy atom. The molecule has 0 saturated heterocycles. The van der Waals surface area contributed by atoms with Gasteiger partial charge in [-0.05, 0) is 6.92 Å². The van der Waals surface area contributed by atoms with Gasteiger partial charge in [0.05, 0.1) is 0 Å². The fourth-order valence-corrected chi connectivity index (χ4v) is 2.09. The zero-order valence-electron chi connectivity index (χ0n) is 10.3. The second kappa shape index (κ2) is 3.94. The number of fused-ring (bicyclic) bond motifs is 1. The van der Waals surface area contributed by atoms with Crippen LogP contribution in [0.3, 0.4) is 0 Å². The van der Waals surface area contributed by atoms with Gasteiger partial charge in [0.1, 0.15) is 12.0 Å². The number of nitrogens with zero attached hydrogens (tertiary/aromatic N) is 5. The number of amides is 1. The van der Waals surface area contributed by atoms with Crippen molar-refractivity contribution in [2.45, 2.75) is 20.4 Å². The minimum atomic E-state index is -0.0808. The topological polar surface area (TPSA) is 77.1 Å². The van der Waals surface area contributed by atoms with Crippen LogP contribution in [0.5, 0.6) is 0 Å². The van der Waals surface area contributed by atoms with E-state index in [2.05, 4.69) is 15.2 Å². The molecule has 3 heterocycles. The van der Waals surface area contributed by atoms with Gasteiger partial charge in [0.15, 0.2) is 11.7 Å². The first-order valence-corrected chi connectivity index (χ1v) is 5.85. The molecule has 0 radical (unpaired) electrons. The molecule has 7 nitrogen and oxygen atoms in total. The summed E-state index contributed by atoms with van der Waals surface area (Å²) in [5.74, 6) is 1.45. The molecule has 3 rings (SSSR count). The summed E-state index contributed by atoms with van der Waals surface area (Å²) in [5, 5.41) is 8.01. The van der Waals surface area contributed by atoms with Crippen molar-refractivity contribution in [1.29, 1.82) is 0 Å². The first kappa shape index (κ1) is 10.9. The SMILES string of the molecule is CCN1CCn2c(nnc2-c2coc(C)n2)C1=O. The van der Waals surface area contributed by atoms with E-state index in [4.69, 9.17) is 4.42 Å². The normalized spacial score (nSPS) is 15.0. The summed E-state index contributed by atoms with van der Waals surface area (Å²) in [6.45, 7) is 5.75. The van der Waals surface area contributed by atoms with Gasteiger partial charge in [-0.2, -0.15) is 0 Å². The van der Waals surface area contributed by atoms with Crippen molar-refractivity contribution in [2.75, 3.05) is 13.1 Å². The average Bonchev–Trinajstić information content (AvgIpc) is 2.96. The molecule has 1 aliphatic rings. The molecule has 0 aliphatic carbocycles. The number of oxazole rings is 1. The maximum absolute atomic E-state index is 12.1. The number of likely N-dealkylation sites (N-methyl/N-ethyl adjacent to an activating group) is 1. The number of hydrogen-bond donors (Lipinski definition) is 0. The average molecular weight is 247 g/mol. The highest BCUT2D eigenvalue weighted by molar-refractivity contribution is 5.91. The van der Waals surface area contributed by atoms with E-state index in [0.717, 1.165) is 0 Å². The quantitative estimate of drug-likeness (QED) is 0.781.